The molecule has 0 radical (unpaired) electrons. The van der Waals surface area contributed by atoms with Crippen LogP contribution in [0.4, 0.5) is 0 Å². The molecular weight excluding hydrogens is 352 g/mol. The van der Waals surface area contributed by atoms with E-state index in [1.807, 2.05) is 24.3 Å². The lowest BCUT2D eigenvalue weighted by Gasteiger charge is -2.16. The number of amides is 2. The first-order chi connectivity index (χ1) is 13.0. The summed E-state index contributed by atoms with van der Waals surface area (Å²) in [6.07, 6.45) is 9.91. The van der Waals surface area contributed by atoms with Crippen LogP contribution in [-0.4, -0.2) is 57.3 Å². The predicted molar refractivity (Wildman–Crippen MR) is 99.6 cm³/mol. The maximum atomic E-state index is 12.2. The molecule has 0 heterocycles. The summed E-state index contributed by atoms with van der Waals surface area (Å²) in [5.74, 6) is -1.43. The number of hydrogen-bond acceptors (Lipinski definition) is 6. The highest BCUT2D eigenvalue weighted by molar-refractivity contribution is 5.90. The summed E-state index contributed by atoms with van der Waals surface area (Å²) < 4.78 is 15.2. The van der Waals surface area contributed by atoms with E-state index in [4.69, 9.17) is 14.2 Å². The van der Waals surface area contributed by atoms with Gasteiger partial charge >= 0.3 is 5.97 Å². The van der Waals surface area contributed by atoms with Crippen molar-refractivity contribution < 1.29 is 28.6 Å². The minimum absolute atomic E-state index is 0.251. The van der Waals surface area contributed by atoms with Gasteiger partial charge in [-0.05, 0) is 18.4 Å². The zero-order valence-electron chi connectivity index (χ0n) is 15.9. The lowest BCUT2D eigenvalue weighted by atomic mass is 10.1. The van der Waals surface area contributed by atoms with Gasteiger partial charge in [0.2, 0.25) is 11.8 Å². The van der Waals surface area contributed by atoms with Crippen LogP contribution in [0.5, 0.6) is 0 Å². The highest BCUT2D eigenvalue weighted by Gasteiger charge is 2.23. The third kappa shape index (κ3) is 11.0. The molecule has 150 valence electrons. The third-order valence-electron chi connectivity index (χ3n) is 3.51. The number of ether oxygens (including phenoxy) is 3. The van der Waals surface area contributed by atoms with Crippen LogP contribution < -0.4 is 10.6 Å². The first-order valence-corrected chi connectivity index (χ1v) is 8.86. The molecule has 1 atom stereocenters. The Bertz CT molecular complexity index is 583. The van der Waals surface area contributed by atoms with Gasteiger partial charge in [0.1, 0.15) is 6.04 Å². The van der Waals surface area contributed by atoms with Crippen molar-refractivity contribution in [1.82, 2.24) is 10.6 Å². The third-order valence-corrected chi connectivity index (χ3v) is 3.51. The Kier molecular flexibility index (Phi) is 11.5. The van der Waals surface area contributed by atoms with Crippen molar-refractivity contribution in [3.63, 3.8) is 0 Å². The standard InChI is InChI=1S/C19H28N2O6/c1-15(22)21-17(19(24)20-9-6-10-26-12-11-25-2)13-18(23)27-14-16-7-4-3-5-8-16/h3-5,7,14,17H,6,8-13H2,1-2H3,(H,20,24)(H,21,22). The molecule has 8 nitrogen and oxygen atoms in total. The largest absolute Gasteiger partial charge is 0.434 e. The van der Waals surface area contributed by atoms with Gasteiger partial charge in [-0.25, -0.2) is 0 Å². The van der Waals surface area contributed by atoms with Gasteiger partial charge in [-0.3, -0.25) is 14.4 Å². The van der Waals surface area contributed by atoms with E-state index in [9.17, 15) is 14.4 Å². The minimum Gasteiger partial charge on any atom is -0.434 e. The van der Waals surface area contributed by atoms with Crippen molar-refractivity contribution in [2.24, 2.45) is 0 Å². The molecule has 27 heavy (non-hydrogen) atoms. The molecular formula is C19H28N2O6. The summed E-state index contributed by atoms with van der Waals surface area (Å²) in [5.41, 5.74) is 0.847. The monoisotopic (exact) mass is 380 g/mol. The van der Waals surface area contributed by atoms with E-state index in [0.29, 0.717) is 39.2 Å². The van der Waals surface area contributed by atoms with E-state index in [2.05, 4.69) is 10.6 Å². The number of carbonyl (C=O) groups is 3. The van der Waals surface area contributed by atoms with Crippen molar-refractivity contribution >= 4 is 17.8 Å². The average Bonchev–Trinajstić information content (AvgIpc) is 2.65. The predicted octanol–water partition coefficient (Wildman–Crippen LogP) is 0.994. The average molecular weight is 380 g/mol. The normalized spacial score (nSPS) is 15.4. The molecule has 0 saturated carbocycles. The first kappa shape index (κ1) is 22.6. The van der Waals surface area contributed by atoms with E-state index < -0.39 is 23.8 Å². The van der Waals surface area contributed by atoms with Gasteiger partial charge in [-0.15, -0.1) is 0 Å². The topological polar surface area (TPSA) is 103 Å². The van der Waals surface area contributed by atoms with Crippen LogP contribution in [-0.2, 0) is 28.6 Å². The van der Waals surface area contributed by atoms with Crippen LogP contribution >= 0.6 is 0 Å². The second kappa shape index (κ2) is 13.7. The molecule has 0 fully saturated rings. The number of hydrogen-bond donors (Lipinski definition) is 2. The summed E-state index contributed by atoms with van der Waals surface area (Å²) in [5, 5.41) is 5.15. The van der Waals surface area contributed by atoms with Crippen LogP contribution in [0.1, 0.15) is 26.2 Å². The molecule has 0 spiro atoms. The van der Waals surface area contributed by atoms with Crippen LogP contribution in [0.25, 0.3) is 0 Å². The van der Waals surface area contributed by atoms with Crippen LogP contribution in [0, 0.1) is 0 Å². The molecule has 2 amide bonds. The second-order valence-electron chi connectivity index (χ2n) is 5.88. The fourth-order valence-corrected chi connectivity index (χ4v) is 2.18. The zero-order chi connectivity index (χ0) is 19.9. The van der Waals surface area contributed by atoms with Crippen LogP contribution in [0.15, 0.2) is 36.1 Å². The number of rotatable bonds is 12. The van der Waals surface area contributed by atoms with Crippen LogP contribution in [0.3, 0.4) is 0 Å². The number of methoxy groups -OCH3 is 1. The SMILES string of the molecule is COCCOCCCNC(=O)C(CC(=O)OC=C1C=CC=CC1)NC(C)=O. The molecule has 0 aliphatic heterocycles. The van der Waals surface area contributed by atoms with E-state index in [-0.39, 0.29) is 6.42 Å². The molecule has 0 saturated heterocycles. The Labute approximate surface area is 159 Å². The van der Waals surface area contributed by atoms with Gasteiger partial charge in [0.25, 0.3) is 0 Å². The van der Waals surface area contributed by atoms with E-state index in [1.165, 1.54) is 13.2 Å². The van der Waals surface area contributed by atoms with Crippen molar-refractivity contribution in [2.75, 3.05) is 33.5 Å². The van der Waals surface area contributed by atoms with Gasteiger partial charge in [-0.1, -0.05) is 24.3 Å². The lowest BCUT2D eigenvalue weighted by Crippen LogP contribution is -2.47. The molecule has 0 aromatic heterocycles. The summed E-state index contributed by atoms with van der Waals surface area (Å²) >= 11 is 0. The van der Waals surface area contributed by atoms with Gasteiger partial charge in [0, 0.05) is 27.2 Å². The maximum Gasteiger partial charge on any atom is 0.313 e. The van der Waals surface area contributed by atoms with E-state index in [1.54, 1.807) is 7.11 Å². The molecule has 0 aromatic carbocycles. The molecule has 0 bridgehead atoms. The Morgan fingerprint density at radius 3 is 2.70 bits per heavy atom. The molecule has 8 heteroatoms. The minimum atomic E-state index is -0.982. The van der Waals surface area contributed by atoms with Gasteiger partial charge in [0.15, 0.2) is 0 Å². The van der Waals surface area contributed by atoms with Gasteiger partial charge < -0.3 is 24.8 Å². The Balaban J connectivity index is 2.38. The second-order valence-corrected chi connectivity index (χ2v) is 5.88. The molecule has 1 aliphatic rings. The lowest BCUT2D eigenvalue weighted by molar-refractivity contribution is -0.141. The highest BCUT2D eigenvalue weighted by atomic mass is 16.5. The highest BCUT2D eigenvalue weighted by Crippen LogP contribution is 2.10. The summed E-state index contributed by atoms with van der Waals surface area (Å²) in [6, 6.07) is -0.982. The van der Waals surface area contributed by atoms with E-state index in [0.717, 1.165) is 5.57 Å². The van der Waals surface area contributed by atoms with Crippen molar-refractivity contribution in [2.45, 2.75) is 32.2 Å². The molecule has 1 rings (SSSR count). The summed E-state index contributed by atoms with van der Waals surface area (Å²) in [6.45, 7) is 3.15. The zero-order valence-corrected chi connectivity index (χ0v) is 15.9. The van der Waals surface area contributed by atoms with Crippen LogP contribution in [0.2, 0.25) is 0 Å². The van der Waals surface area contributed by atoms with Crippen molar-refractivity contribution in [3.05, 3.63) is 36.1 Å². The summed E-state index contributed by atoms with van der Waals surface area (Å²) in [4.78, 5) is 35.5. The Morgan fingerprint density at radius 1 is 1.22 bits per heavy atom. The van der Waals surface area contributed by atoms with Gasteiger partial charge in [-0.2, -0.15) is 0 Å². The van der Waals surface area contributed by atoms with Crippen molar-refractivity contribution in [1.29, 1.82) is 0 Å². The van der Waals surface area contributed by atoms with Gasteiger partial charge in [0.05, 0.1) is 25.9 Å². The van der Waals surface area contributed by atoms with Crippen molar-refractivity contribution in [3.8, 4) is 0 Å². The fourth-order valence-electron chi connectivity index (χ4n) is 2.18. The molecule has 0 aromatic rings. The quantitative estimate of drug-likeness (QED) is 0.297. The molecule has 1 aliphatic carbocycles. The number of nitrogens with one attached hydrogen (secondary N) is 2. The fraction of sp³-hybridized carbons (Fsp3) is 0.526. The Hall–Kier alpha value is -2.45. The number of allylic oxidation sites excluding steroid dienone is 5. The maximum absolute atomic E-state index is 12.2. The molecule has 2 N–H and O–H groups in total. The first-order valence-electron chi connectivity index (χ1n) is 8.86. The van der Waals surface area contributed by atoms with E-state index >= 15 is 0 Å². The molecule has 1 unspecified atom stereocenters. The number of carbonyl (C=O) groups excluding carboxylic acids is 3. The smallest absolute Gasteiger partial charge is 0.313 e. The Morgan fingerprint density at radius 2 is 2.04 bits per heavy atom. The summed E-state index contributed by atoms with van der Waals surface area (Å²) in [7, 11) is 1.59. The number of esters is 1.